The van der Waals surface area contributed by atoms with Crippen molar-refractivity contribution in [3.05, 3.63) is 176 Å². The number of benzene rings is 1. The minimum atomic E-state index is -1.91. The van der Waals surface area contributed by atoms with E-state index in [0.29, 0.717) is 5.75 Å². The van der Waals surface area contributed by atoms with Crippen molar-refractivity contribution in [2.45, 2.75) is 309 Å². The fraction of sp³-hybridized carbons (Fsp3) is 0.670. The van der Waals surface area contributed by atoms with Crippen LogP contribution < -0.4 is 9.47 Å². The largest absolute Gasteiger partial charge is 0.497 e. The first kappa shape index (κ1) is 125. The summed E-state index contributed by atoms with van der Waals surface area (Å²) in [5.74, 6) is -3.96. The van der Waals surface area contributed by atoms with Crippen LogP contribution >= 0.6 is 0 Å². The molecule has 6 fully saturated rings. The third-order valence-corrected chi connectivity index (χ3v) is 23.0. The van der Waals surface area contributed by atoms with Crippen LogP contribution in [-0.4, -0.2) is 351 Å². The molecule has 6 heterocycles. The number of carbonyl (C=O) groups is 6. The van der Waals surface area contributed by atoms with Crippen molar-refractivity contribution < 1.29 is 181 Å². The molecule has 0 amide bonds. The quantitative estimate of drug-likeness (QED) is 0.0274. The van der Waals surface area contributed by atoms with Gasteiger partial charge in [0.2, 0.25) is 6.29 Å². The van der Waals surface area contributed by atoms with Crippen LogP contribution in [0.25, 0.3) is 0 Å². The highest BCUT2D eigenvalue weighted by Gasteiger charge is 2.64. The van der Waals surface area contributed by atoms with Gasteiger partial charge in [0.15, 0.2) is 68.1 Å². The van der Waals surface area contributed by atoms with Gasteiger partial charge >= 0.3 is 35.8 Å². The molecule has 0 radical (unpaired) electrons. The summed E-state index contributed by atoms with van der Waals surface area (Å²) in [6.45, 7) is 72.3. The third-order valence-electron chi connectivity index (χ3n) is 23.0. The maximum absolute atomic E-state index is 15.4. The topological polar surface area (TPSA) is 409 Å². The summed E-state index contributed by atoms with van der Waals surface area (Å²) in [6, 6.07) is 6.61. The molecule has 828 valence electrons. The maximum Gasteiger partial charge on any atom is 0.311 e. The van der Waals surface area contributed by atoms with Crippen molar-refractivity contribution in [3.8, 4) is 11.5 Å². The van der Waals surface area contributed by atoms with E-state index in [-0.39, 0.29) is 105 Å². The second-order valence-electron chi connectivity index (χ2n) is 41.7. The highest BCUT2D eigenvalue weighted by atomic mass is 16.8. The highest BCUT2D eigenvalue weighted by molar-refractivity contribution is 5.78. The SMILES string of the molecule is C=CCOC[C@H]1O[C@@H](O[C@@H]2[C@H](OCC=C)[C@@H](OC(=O)C(C)(C)C)[C@H](O[C@@H]3[C@H](OCC=C)[C@@H](OC(=O)C(C)(C)C)[C@H](O[C@@H]4[C@H](OCC=C)[C@@H](OC(=O)C(C)(C)C)[C@H](O[C@@H]5[C@H](OCC=C)[C@@H](OC(=O)C(C)(C)C)[C@H](O[C@@H]6[C@H](OCC=C)[C@@H](OC(=O)C(C)(C)C)[C@H](Oc7ccc(OC)cc7)O[C@@H]6COCC=C)O[C@@H]5COCC=C)O[C@@H]4COCC=C)O[C@@H]3COCC=C)O[C@@H]2COCC=C)[C@H](OC(=O)C(C)(C)C)[C@@H](OCC=C)[C@H]1O. The third kappa shape index (κ3) is 36.9. The van der Waals surface area contributed by atoms with Crippen LogP contribution in [0, 0.1) is 32.5 Å². The Labute approximate surface area is 867 Å². The summed E-state index contributed by atoms with van der Waals surface area (Å²) in [5, 5.41) is 12.2. The van der Waals surface area contributed by atoms with E-state index in [0.717, 1.165) is 0 Å². The smallest absolute Gasteiger partial charge is 0.311 e. The molecule has 1 aromatic carbocycles. The van der Waals surface area contributed by atoms with E-state index >= 15 is 19.2 Å². The van der Waals surface area contributed by atoms with E-state index in [1.54, 1.807) is 149 Å². The number of esters is 6. The maximum atomic E-state index is 15.4. The van der Waals surface area contributed by atoms with Gasteiger partial charge in [-0.15, -0.1) is 78.9 Å². The number of carbonyl (C=O) groups excluding carboxylic acids is 6. The Morgan fingerprint density at radius 3 is 0.612 bits per heavy atom. The Balaban J connectivity index is 1.48. The molecule has 38 nitrogen and oxygen atoms in total. The Morgan fingerprint density at radius 2 is 0.415 bits per heavy atom. The Kier molecular flexibility index (Phi) is 51.3. The molecule has 7 rings (SSSR count). The molecule has 0 aromatic heterocycles. The van der Waals surface area contributed by atoms with Gasteiger partial charge in [-0.1, -0.05) is 72.9 Å². The van der Waals surface area contributed by atoms with Crippen LogP contribution in [-0.2, 0) is 166 Å². The molecule has 0 aliphatic carbocycles. The Hall–Kier alpha value is -8.44. The summed E-state index contributed by atoms with van der Waals surface area (Å²) in [6.07, 6.45) is -30.1. The van der Waals surface area contributed by atoms with E-state index in [9.17, 15) is 14.7 Å². The molecule has 6 aliphatic heterocycles. The van der Waals surface area contributed by atoms with Gasteiger partial charge in [-0.2, -0.15) is 0 Å². The first-order valence-corrected chi connectivity index (χ1v) is 49.5. The fourth-order valence-corrected chi connectivity index (χ4v) is 15.5. The average molecular weight is 2080 g/mol. The number of aliphatic hydroxyl groups excluding tert-OH is 1. The molecule has 0 spiro atoms. The molecule has 38 heteroatoms. The lowest BCUT2D eigenvalue weighted by atomic mass is 9.93. The van der Waals surface area contributed by atoms with E-state index in [1.165, 1.54) is 80.0 Å². The van der Waals surface area contributed by atoms with Crippen LogP contribution in [0.1, 0.15) is 125 Å². The van der Waals surface area contributed by atoms with Crippen molar-refractivity contribution in [2.75, 3.05) is 126 Å². The van der Waals surface area contributed by atoms with E-state index in [2.05, 4.69) is 78.9 Å². The fourth-order valence-electron chi connectivity index (χ4n) is 15.5. The molecule has 1 aromatic rings. The van der Waals surface area contributed by atoms with Gasteiger partial charge in [-0.25, -0.2) is 0 Å². The molecule has 0 bridgehead atoms. The molecule has 0 unspecified atom stereocenters. The zero-order valence-electron chi connectivity index (χ0n) is 89.3. The molecule has 6 aliphatic rings. The monoisotopic (exact) mass is 2080 g/mol. The van der Waals surface area contributed by atoms with Gasteiger partial charge in [-0.05, 0) is 149 Å². The van der Waals surface area contributed by atoms with Gasteiger partial charge in [0.05, 0.1) is 159 Å². The van der Waals surface area contributed by atoms with Crippen molar-refractivity contribution >= 4 is 35.8 Å². The van der Waals surface area contributed by atoms with Crippen LogP contribution in [0.4, 0.5) is 0 Å². The zero-order chi connectivity index (χ0) is 109. The number of hydrogen-bond acceptors (Lipinski definition) is 38. The van der Waals surface area contributed by atoms with Crippen molar-refractivity contribution in [1.29, 1.82) is 0 Å². The van der Waals surface area contributed by atoms with Crippen molar-refractivity contribution in [2.24, 2.45) is 32.5 Å². The predicted octanol–water partition coefficient (Wildman–Crippen LogP) is 12.1. The van der Waals surface area contributed by atoms with Crippen molar-refractivity contribution in [3.63, 3.8) is 0 Å². The second kappa shape index (κ2) is 60.1. The molecular weight excluding hydrogens is 1920 g/mol. The van der Waals surface area contributed by atoms with Crippen molar-refractivity contribution in [1.82, 2.24) is 0 Å². The molecule has 1 N–H and O–H groups in total. The number of hydrogen-bond donors (Lipinski definition) is 1. The first-order valence-electron chi connectivity index (χ1n) is 49.5. The zero-order valence-corrected chi connectivity index (χ0v) is 89.3. The minimum absolute atomic E-state index is 0.00243. The molecule has 147 heavy (non-hydrogen) atoms. The van der Waals surface area contributed by atoms with Gasteiger partial charge in [0.25, 0.3) is 0 Å². The normalized spacial score (nSPS) is 30.8. The first-order chi connectivity index (χ1) is 69.6. The second-order valence-corrected chi connectivity index (χ2v) is 41.7. The summed E-state index contributed by atoms with van der Waals surface area (Å²) in [5.41, 5.74) is -7.52. The van der Waals surface area contributed by atoms with E-state index < -0.39 is 272 Å². The number of aliphatic hydroxyl groups is 1. The van der Waals surface area contributed by atoms with Crippen LogP contribution in [0.2, 0.25) is 0 Å². The number of ether oxygens (including phenoxy) is 31. The summed E-state index contributed by atoms with van der Waals surface area (Å²) in [7, 11) is 1.51. The van der Waals surface area contributed by atoms with Crippen LogP contribution in [0.15, 0.2) is 176 Å². The summed E-state index contributed by atoms with van der Waals surface area (Å²) >= 11 is 0. The van der Waals surface area contributed by atoms with Crippen LogP contribution in [0.5, 0.6) is 11.5 Å². The standard InChI is InChI=1S/C109H164O38/c1-32-48-118-60-68-74(110)80(124-54-38-7)86(142-98(111)104(13,14)15)93(131-68)137-76-70(62-120-50-34-3)133-95(88(82(76)126-56-40-9)144-100(113)106(19,20)21)139-78-72(64-122-52-36-5)135-97(90(84(78)128-58-42-11)146-102(115)108(25,26)27)141-79-73(65-123-53-37-6)136-96(91(85(79)129-59-43-12)147-103(116)109(28,29)30)140-77-71(63-121-51-35-4)134-94(89(83(77)127-57-41-10)145-101(114)107(22,23)24)138-75-69(61-119-49-33-2)132-92(130-67-46-44-66(117-31)45-47-67)87(81(75)125-55-39-8)143-99(112)105(16,17)18/h32-47,68-97,110H,1-12,48-65H2,13-31H3/t68-,69-,70-,71-,72-,73-,74+,75+,76+,77+,78+,79+,80+,81+,82+,83+,84+,85+,86-,87-,88-,89-,90-,91-,92-,93+,94+,95+,96+,97+/m1/s1. The minimum Gasteiger partial charge on any atom is -0.497 e. The van der Waals surface area contributed by atoms with Crippen LogP contribution in [0.3, 0.4) is 0 Å². The van der Waals surface area contributed by atoms with E-state index in [1.807, 2.05) is 0 Å². The number of methoxy groups -OCH3 is 1. The Morgan fingerprint density at radius 1 is 0.245 bits per heavy atom. The summed E-state index contributed by atoms with van der Waals surface area (Å²) < 4.78 is 210. The lowest BCUT2D eigenvalue weighted by Gasteiger charge is -2.53. The van der Waals surface area contributed by atoms with Gasteiger partial charge in [-0.3, -0.25) is 28.8 Å². The summed E-state index contributed by atoms with van der Waals surface area (Å²) in [4.78, 5) is 89.7. The average Bonchev–Trinajstić information content (AvgIpc) is 0.755. The number of rotatable bonds is 61. The molecule has 0 saturated carbocycles. The molecular formula is C109H164O38. The lowest BCUT2D eigenvalue weighted by molar-refractivity contribution is -0.401. The van der Waals surface area contributed by atoms with Gasteiger partial charge in [0, 0.05) is 0 Å². The lowest BCUT2D eigenvalue weighted by Crippen LogP contribution is -2.70. The van der Waals surface area contributed by atoms with Gasteiger partial charge < -0.3 is 152 Å². The van der Waals surface area contributed by atoms with E-state index in [4.69, 9.17) is 147 Å². The highest BCUT2D eigenvalue weighted by Crippen LogP contribution is 2.45. The molecule has 30 atom stereocenters. The Bertz CT molecular complexity index is 4270. The van der Waals surface area contributed by atoms with Gasteiger partial charge in [0.1, 0.15) is 121 Å². The predicted molar refractivity (Wildman–Crippen MR) is 538 cm³/mol. The molecule has 6 saturated heterocycles.